The van der Waals surface area contributed by atoms with Gasteiger partial charge in [-0.2, -0.15) is 4.31 Å². The summed E-state index contributed by atoms with van der Waals surface area (Å²) < 4.78 is 33.7. The number of carbonyl (C=O) groups excluding carboxylic acids is 1. The molecular weight excluding hydrogens is 434 g/mol. The number of sulfonamides is 1. The van der Waals surface area contributed by atoms with Gasteiger partial charge in [-0.1, -0.05) is 5.16 Å². The number of aromatic amines is 2. The van der Waals surface area contributed by atoms with Gasteiger partial charge in [0.1, 0.15) is 5.76 Å². The summed E-state index contributed by atoms with van der Waals surface area (Å²) in [7, 11) is -3.73. The summed E-state index contributed by atoms with van der Waals surface area (Å²) in [6, 6.07) is 5.87. The third-order valence-electron chi connectivity index (χ3n) is 6.80. The van der Waals surface area contributed by atoms with Crippen LogP contribution in [0, 0.1) is 0 Å². The van der Waals surface area contributed by atoms with Gasteiger partial charge in [-0.3, -0.25) is 4.79 Å². The van der Waals surface area contributed by atoms with Gasteiger partial charge in [-0.05, 0) is 56.7 Å². The Morgan fingerprint density at radius 3 is 2.50 bits per heavy atom. The van der Waals surface area contributed by atoms with Crippen molar-refractivity contribution < 1.29 is 17.7 Å². The molecule has 0 radical (unpaired) electrons. The molecule has 32 heavy (non-hydrogen) atoms. The molecule has 2 bridgehead atoms. The molecule has 11 heteroatoms. The molecule has 2 aliphatic heterocycles. The van der Waals surface area contributed by atoms with Crippen LogP contribution < -0.4 is 11.0 Å². The van der Waals surface area contributed by atoms with E-state index < -0.39 is 10.0 Å². The standard InChI is InChI=1S/C21H23N5O5S/c27-20(18-10-19(31-25-18)11-1-2-11)22-12-7-13-3-4-14(8-12)26(13)32(29,30)15-5-6-16-17(9-15)24-21(28)23-16/h5-6,9-14H,1-4,7-8H2,(H,22,27)(H2,23,24,28)/t12-,13-,14+. The van der Waals surface area contributed by atoms with Crippen molar-refractivity contribution in [3.63, 3.8) is 0 Å². The maximum Gasteiger partial charge on any atom is 0.323 e. The van der Waals surface area contributed by atoms with Crippen molar-refractivity contribution in [2.75, 3.05) is 0 Å². The fraction of sp³-hybridized carbons (Fsp3) is 0.476. The van der Waals surface area contributed by atoms with E-state index in [1.54, 1.807) is 16.4 Å². The largest absolute Gasteiger partial charge is 0.360 e. The van der Waals surface area contributed by atoms with E-state index >= 15 is 0 Å². The van der Waals surface area contributed by atoms with Crippen LogP contribution in [0.1, 0.15) is 60.7 Å². The number of imidazole rings is 1. The Hall–Kier alpha value is -2.92. The van der Waals surface area contributed by atoms with Gasteiger partial charge in [0.2, 0.25) is 10.0 Å². The van der Waals surface area contributed by atoms with E-state index in [0.717, 1.165) is 31.4 Å². The van der Waals surface area contributed by atoms with Crippen LogP contribution >= 0.6 is 0 Å². The highest BCUT2D eigenvalue weighted by molar-refractivity contribution is 7.89. The molecule has 3 atom stereocenters. The van der Waals surface area contributed by atoms with Gasteiger partial charge in [-0.25, -0.2) is 13.2 Å². The van der Waals surface area contributed by atoms with Gasteiger partial charge in [0.05, 0.1) is 15.9 Å². The van der Waals surface area contributed by atoms with Crippen LogP contribution in [0.15, 0.2) is 38.5 Å². The molecule has 6 rings (SSSR count). The molecule has 0 unspecified atom stereocenters. The fourth-order valence-electron chi connectivity index (χ4n) is 5.15. The van der Waals surface area contributed by atoms with Crippen LogP contribution in [0.5, 0.6) is 0 Å². The van der Waals surface area contributed by atoms with Crippen LogP contribution in [0.2, 0.25) is 0 Å². The van der Waals surface area contributed by atoms with Crippen LogP contribution in [0.25, 0.3) is 11.0 Å². The Kier molecular flexibility index (Phi) is 4.34. The van der Waals surface area contributed by atoms with Crippen LogP contribution in [0.4, 0.5) is 0 Å². The summed E-state index contributed by atoms with van der Waals surface area (Å²) in [5.41, 5.74) is 0.936. The minimum Gasteiger partial charge on any atom is -0.360 e. The van der Waals surface area contributed by atoms with Crippen molar-refractivity contribution in [2.45, 2.75) is 67.5 Å². The number of H-pyrrole nitrogens is 2. The highest BCUT2D eigenvalue weighted by Crippen LogP contribution is 2.41. The number of benzene rings is 1. The molecule has 1 amide bonds. The molecule has 10 nitrogen and oxygen atoms in total. The average molecular weight is 458 g/mol. The van der Waals surface area contributed by atoms with Gasteiger partial charge >= 0.3 is 5.69 Å². The molecule has 3 aromatic rings. The van der Waals surface area contributed by atoms with Crippen LogP contribution in [-0.2, 0) is 10.0 Å². The van der Waals surface area contributed by atoms with Crippen molar-refractivity contribution >= 4 is 27.0 Å². The van der Waals surface area contributed by atoms with E-state index in [9.17, 15) is 18.0 Å². The summed E-state index contributed by atoms with van der Waals surface area (Å²) in [6.07, 6.45) is 4.76. The molecule has 1 aliphatic carbocycles. The summed E-state index contributed by atoms with van der Waals surface area (Å²) in [5, 5.41) is 6.92. The second-order valence-electron chi connectivity index (χ2n) is 9.04. The summed E-state index contributed by atoms with van der Waals surface area (Å²) in [4.78, 5) is 29.5. The van der Waals surface area contributed by atoms with Crippen molar-refractivity contribution in [1.29, 1.82) is 0 Å². The summed E-state index contributed by atoms with van der Waals surface area (Å²) >= 11 is 0. The van der Waals surface area contributed by atoms with E-state index in [4.69, 9.17) is 4.52 Å². The van der Waals surface area contributed by atoms with E-state index in [1.165, 1.54) is 12.1 Å². The number of hydrogen-bond donors (Lipinski definition) is 3. The predicted octanol–water partition coefficient (Wildman–Crippen LogP) is 1.84. The topological polar surface area (TPSA) is 141 Å². The van der Waals surface area contributed by atoms with Gasteiger partial charge in [0.15, 0.2) is 5.69 Å². The van der Waals surface area contributed by atoms with Crippen molar-refractivity contribution in [3.8, 4) is 0 Å². The van der Waals surface area contributed by atoms with E-state index in [1.807, 2.05) is 0 Å². The highest BCUT2D eigenvalue weighted by atomic mass is 32.2. The van der Waals surface area contributed by atoms with Gasteiger partial charge < -0.3 is 19.8 Å². The smallest absolute Gasteiger partial charge is 0.323 e. The van der Waals surface area contributed by atoms with Crippen molar-refractivity contribution in [3.05, 3.63) is 46.2 Å². The molecule has 3 N–H and O–H groups in total. The summed E-state index contributed by atoms with van der Waals surface area (Å²) in [6.45, 7) is 0. The van der Waals surface area contributed by atoms with Gasteiger partial charge in [-0.15, -0.1) is 0 Å². The minimum absolute atomic E-state index is 0.115. The molecule has 3 fully saturated rings. The Morgan fingerprint density at radius 2 is 1.78 bits per heavy atom. The number of carbonyl (C=O) groups is 1. The lowest BCUT2D eigenvalue weighted by Crippen LogP contribution is -2.52. The second-order valence-corrected chi connectivity index (χ2v) is 10.9. The van der Waals surface area contributed by atoms with Crippen LogP contribution in [-0.4, -0.2) is 51.9 Å². The van der Waals surface area contributed by atoms with E-state index in [-0.39, 0.29) is 40.3 Å². The number of rotatable bonds is 5. The maximum atomic E-state index is 13.4. The number of fused-ring (bicyclic) bond motifs is 3. The molecule has 3 aliphatic rings. The first-order valence-electron chi connectivity index (χ1n) is 10.9. The lowest BCUT2D eigenvalue weighted by molar-refractivity contribution is 0.0900. The first-order chi connectivity index (χ1) is 15.4. The van der Waals surface area contributed by atoms with Crippen molar-refractivity contribution in [2.24, 2.45) is 0 Å². The minimum atomic E-state index is -3.73. The van der Waals surface area contributed by atoms with Gasteiger partial charge in [0.25, 0.3) is 5.91 Å². The molecule has 4 heterocycles. The van der Waals surface area contributed by atoms with Crippen LogP contribution in [0.3, 0.4) is 0 Å². The first kappa shape index (κ1) is 19.7. The summed E-state index contributed by atoms with van der Waals surface area (Å²) in [5.74, 6) is 0.872. The monoisotopic (exact) mass is 457 g/mol. The third-order valence-corrected chi connectivity index (χ3v) is 8.81. The first-order valence-corrected chi connectivity index (χ1v) is 12.4. The molecule has 2 aromatic heterocycles. The lowest BCUT2D eigenvalue weighted by atomic mass is 9.99. The third kappa shape index (κ3) is 3.27. The number of nitrogens with one attached hydrogen (secondary N) is 3. The Bertz CT molecular complexity index is 1350. The molecule has 0 spiro atoms. The zero-order chi connectivity index (χ0) is 22.0. The fourth-order valence-corrected chi connectivity index (χ4v) is 7.07. The molecule has 168 valence electrons. The highest BCUT2D eigenvalue weighted by Gasteiger charge is 2.47. The molecule has 1 aromatic carbocycles. The number of amides is 1. The number of hydrogen-bond acceptors (Lipinski definition) is 6. The lowest BCUT2D eigenvalue weighted by Gasteiger charge is -2.38. The maximum absolute atomic E-state index is 13.4. The normalized spacial score (nSPS) is 25.9. The Balaban J connectivity index is 1.19. The van der Waals surface area contributed by atoms with E-state index in [2.05, 4.69) is 20.4 Å². The number of nitrogens with zero attached hydrogens (tertiary/aromatic N) is 2. The Morgan fingerprint density at radius 1 is 1.06 bits per heavy atom. The SMILES string of the molecule is O=C(N[C@@H]1C[C@H]2CC[C@@H](C1)N2S(=O)(=O)c1ccc2[nH]c(=O)[nH]c2c1)c1cc(C2CC2)on1. The predicted molar refractivity (Wildman–Crippen MR) is 114 cm³/mol. The molecule has 1 saturated carbocycles. The van der Waals surface area contributed by atoms with Gasteiger partial charge in [0, 0.05) is 30.1 Å². The molecular formula is C21H23N5O5S. The average Bonchev–Trinajstić information content (AvgIpc) is 3.23. The second kappa shape index (κ2) is 7.04. The zero-order valence-corrected chi connectivity index (χ0v) is 18.0. The number of aromatic nitrogens is 3. The Labute approximate surface area is 183 Å². The van der Waals surface area contributed by atoms with E-state index in [0.29, 0.717) is 29.8 Å². The quantitative estimate of drug-likeness (QED) is 0.534. The zero-order valence-electron chi connectivity index (χ0n) is 17.2. The number of piperidine rings is 1. The van der Waals surface area contributed by atoms with Crippen molar-refractivity contribution in [1.82, 2.24) is 24.7 Å². The molecule has 2 saturated heterocycles.